The van der Waals surface area contributed by atoms with Gasteiger partial charge in [-0.2, -0.15) is 0 Å². The van der Waals surface area contributed by atoms with E-state index in [4.69, 9.17) is 0 Å². The number of aliphatic hydroxyl groups is 1. The second-order valence-corrected chi connectivity index (χ2v) is 5.24. The first kappa shape index (κ1) is 13.1. The van der Waals surface area contributed by atoms with Gasteiger partial charge in [0.25, 0.3) is 0 Å². The molecule has 0 bridgehead atoms. The average molecular weight is 261 g/mol. The Morgan fingerprint density at radius 1 is 1.22 bits per heavy atom. The fourth-order valence-electron chi connectivity index (χ4n) is 1.97. The largest absolute Gasteiger partial charge is 0.388 e. The predicted molar refractivity (Wildman–Crippen MR) is 78.2 cm³/mol. The minimum atomic E-state index is -0.355. The van der Waals surface area contributed by atoms with E-state index >= 15 is 0 Å². The van der Waals surface area contributed by atoms with Gasteiger partial charge in [0.1, 0.15) is 0 Å². The number of aryl methyl sites for hydroxylation is 1. The van der Waals surface area contributed by atoms with Gasteiger partial charge < -0.3 is 10.4 Å². The van der Waals surface area contributed by atoms with E-state index in [1.165, 1.54) is 11.3 Å². The molecule has 18 heavy (non-hydrogen) atoms. The third kappa shape index (κ3) is 3.34. The highest BCUT2D eigenvalue weighted by Gasteiger charge is 2.08. The zero-order chi connectivity index (χ0) is 12.8. The molecule has 2 aromatic rings. The molecule has 0 aliphatic heterocycles. The molecule has 0 saturated carbocycles. The summed E-state index contributed by atoms with van der Waals surface area (Å²) in [5.74, 6) is 0. The van der Waals surface area contributed by atoms with Crippen molar-refractivity contribution in [1.29, 1.82) is 0 Å². The number of hydrogen-bond acceptors (Lipinski definition) is 3. The number of hydrogen-bond donors (Lipinski definition) is 2. The molecule has 0 radical (unpaired) electrons. The van der Waals surface area contributed by atoms with Gasteiger partial charge in [0.2, 0.25) is 0 Å². The predicted octanol–water partition coefficient (Wildman–Crippen LogP) is 3.85. The summed E-state index contributed by atoms with van der Waals surface area (Å²) >= 11 is 1.61. The quantitative estimate of drug-likeness (QED) is 0.828. The zero-order valence-corrected chi connectivity index (χ0v) is 11.4. The van der Waals surface area contributed by atoms with Crippen molar-refractivity contribution >= 4 is 17.0 Å². The maximum absolute atomic E-state index is 9.98. The van der Waals surface area contributed by atoms with E-state index < -0.39 is 0 Å². The Morgan fingerprint density at radius 3 is 2.78 bits per heavy atom. The van der Waals surface area contributed by atoms with Crippen LogP contribution in [0, 0.1) is 0 Å². The Bertz CT molecular complexity index is 467. The topological polar surface area (TPSA) is 32.3 Å². The summed E-state index contributed by atoms with van der Waals surface area (Å²) in [6, 6.07) is 12.3. The molecule has 1 heterocycles. The molecule has 0 fully saturated rings. The van der Waals surface area contributed by atoms with Gasteiger partial charge in [-0.15, -0.1) is 11.3 Å². The molecule has 2 rings (SSSR count). The molecule has 1 aromatic carbocycles. The lowest BCUT2D eigenvalue weighted by Gasteiger charge is -2.13. The average Bonchev–Trinajstić information content (AvgIpc) is 2.93. The van der Waals surface area contributed by atoms with Crippen LogP contribution in [-0.4, -0.2) is 11.7 Å². The lowest BCUT2D eigenvalue weighted by atomic mass is 10.1. The number of rotatable bonds is 6. The van der Waals surface area contributed by atoms with Crippen molar-refractivity contribution in [2.24, 2.45) is 0 Å². The second kappa shape index (κ2) is 6.57. The van der Waals surface area contributed by atoms with E-state index in [2.05, 4.69) is 30.4 Å². The number of anilines is 1. The molecule has 0 aliphatic carbocycles. The van der Waals surface area contributed by atoms with E-state index in [0.29, 0.717) is 0 Å². The molecule has 0 amide bonds. The highest BCUT2D eigenvalue weighted by Crippen LogP contribution is 2.22. The summed E-state index contributed by atoms with van der Waals surface area (Å²) in [5, 5.41) is 15.4. The summed E-state index contributed by atoms with van der Waals surface area (Å²) in [6.45, 7) is 2.94. The van der Waals surface area contributed by atoms with Crippen molar-refractivity contribution in [1.82, 2.24) is 0 Å². The normalized spacial score (nSPS) is 12.3. The van der Waals surface area contributed by atoms with Crippen LogP contribution in [0.25, 0.3) is 0 Å². The van der Waals surface area contributed by atoms with Crippen molar-refractivity contribution in [3.05, 3.63) is 52.2 Å². The fourth-order valence-corrected chi connectivity index (χ4v) is 2.71. The highest BCUT2D eigenvalue weighted by atomic mass is 32.1. The molecule has 2 N–H and O–H groups in total. The molecule has 2 nitrogen and oxygen atoms in total. The first-order valence-corrected chi connectivity index (χ1v) is 7.22. The van der Waals surface area contributed by atoms with Crippen molar-refractivity contribution in [3.8, 4) is 0 Å². The number of benzene rings is 1. The van der Waals surface area contributed by atoms with E-state index in [1.54, 1.807) is 11.3 Å². The Hall–Kier alpha value is -1.32. The summed E-state index contributed by atoms with van der Waals surface area (Å²) in [5.41, 5.74) is 2.50. The summed E-state index contributed by atoms with van der Waals surface area (Å²) in [6.07, 6.45) is 1.40. The maximum atomic E-state index is 9.98. The van der Waals surface area contributed by atoms with Gasteiger partial charge in [-0.1, -0.05) is 31.2 Å². The molecule has 1 atom stereocenters. The summed E-state index contributed by atoms with van der Waals surface area (Å²) in [4.78, 5) is 1.04. The number of aliphatic hydroxyl groups excluding tert-OH is 1. The van der Waals surface area contributed by atoms with Crippen molar-refractivity contribution in [2.45, 2.75) is 25.9 Å². The van der Waals surface area contributed by atoms with Gasteiger partial charge in [-0.05, 0) is 35.9 Å². The highest BCUT2D eigenvalue weighted by molar-refractivity contribution is 7.10. The van der Waals surface area contributed by atoms with E-state index in [0.717, 1.165) is 24.3 Å². The smallest absolute Gasteiger partial charge is 0.0898 e. The van der Waals surface area contributed by atoms with Crippen LogP contribution >= 0.6 is 11.3 Å². The zero-order valence-electron chi connectivity index (χ0n) is 10.6. The number of thiophene rings is 1. The van der Waals surface area contributed by atoms with Crippen molar-refractivity contribution < 1.29 is 5.11 Å². The van der Waals surface area contributed by atoms with Crippen LogP contribution in [0.4, 0.5) is 5.69 Å². The Labute approximate surface area is 112 Å². The molecular weight excluding hydrogens is 242 g/mol. The van der Waals surface area contributed by atoms with Gasteiger partial charge in [-0.25, -0.2) is 0 Å². The minimum Gasteiger partial charge on any atom is -0.388 e. The third-order valence-electron chi connectivity index (χ3n) is 3.00. The van der Waals surface area contributed by atoms with Gasteiger partial charge >= 0.3 is 0 Å². The van der Waals surface area contributed by atoms with Crippen molar-refractivity contribution in [3.63, 3.8) is 0 Å². The molecular formula is C15H19NOS. The SMILES string of the molecule is CCc1ccccc1NCCC(O)c1cccs1. The Kier molecular flexibility index (Phi) is 4.79. The van der Waals surface area contributed by atoms with E-state index in [1.807, 2.05) is 23.6 Å². The number of nitrogens with one attached hydrogen (secondary N) is 1. The molecule has 0 aliphatic rings. The van der Waals surface area contributed by atoms with Gasteiger partial charge in [0.05, 0.1) is 6.10 Å². The van der Waals surface area contributed by atoms with Crippen LogP contribution in [0.5, 0.6) is 0 Å². The van der Waals surface area contributed by atoms with Gasteiger partial charge in [0, 0.05) is 17.1 Å². The fraction of sp³-hybridized carbons (Fsp3) is 0.333. The van der Waals surface area contributed by atoms with Gasteiger partial charge in [0.15, 0.2) is 0 Å². The molecule has 0 saturated heterocycles. The van der Waals surface area contributed by atoms with E-state index in [-0.39, 0.29) is 6.10 Å². The molecule has 96 valence electrons. The van der Waals surface area contributed by atoms with Crippen LogP contribution in [-0.2, 0) is 6.42 Å². The Morgan fingerprint density at radius 2 is 2.06 bits per heavy atom. The molecule has 1 aromatic heterocycles. The first-order valence-electron chi connectivity index (χ1n) is 6.34. The third-order valence-corrected chi connectivity index (χ3v) is 3.98. The minimum absolute atomic E-state index is 0.355. The van der Waals surface area contributed by atoms with Crippen LogP contribution < -0.4 is 5.32 Å². The maximum Gasteiger partial charge on any atom is 0.0898 e. The second-order valence-electron chi connectivity index (χ2n) is 4.26. The van der Waals surface area contributed by atoms with Gasteiger partial charge in [-0.3, -0.25) is 0 Å². The number of para-hydroxylation sites is 1. The first-order chi connectivity index (χ1) is 8.81. The lowest BCUT2D eigenvalue weighted by molar-refractivity contribution is 0.175. The van der Waals surface area contributed by atoms with Crippen LogP contribution in [0.3, 0.4) is 0 Å². The molecule has 0 spiro atoms. The lowest BCUT2D eigenvalue weighted by Crippen LogP contribution is -2.08. The molecule has 1 unspecified atom stereocenters. The van der Waals surface area contributed by atoms with Crippen LogP contribution in [0.15, 0.2) is 41.8 Å². The van der Waals surface area contributed by atoms with Crippen molar-refractivity contribution in [2.75, 3.05) is 11.9 Å². The Balaban J connectivity index is 1.85. The van der Waals surface area contributed by atoms with E-state index in [9.17, 15) is 5.11 Å². The monoisotopic (exact) mass is 261 g/mol. The summed E-state index contributed by atoms with van der Waals surface area (Å²) in [7, 11) is 0. The molecule has 3 heteroatoms. The van der Waals surface area contributed by atoms with Crippen LogP contribution in [0.1, 0.15) is 29.9 Å². The van der Waals surface area contributed by atoms with Crippen LogP contribution in [0.2, 0.25) is 0 Å². The standard InChI is InChI=1S/C15H19NOS/c1-2-12-6-3-4-7-13(12)16-10-9-14(17)15-8-5-11-18-15/h3-8,11,14,16-17H,2,9-10H2,1H3. The summed E-state index contributed by atoms with van der Waals surface area (Å²) < 4.78 is 0.